The summed E-state index contributed by atoms with van der Waals surface area (Å²) in [5.41, 5.74) is 4.51. The molecule has 1 aromatic heterocycles. The number of nitrogens with zero attached hydrogens (tertiary/aromatic N) is 1. The fourth-order valence-electron chi connectivity index (χ4n) is 3.49. The van der Waals surface area contributed by atoms with E-state index in [9.17, 15) is 9.59 Å². The van der Waals surface area contributed by atoms with Crippen molar-refractivity contribution in [3.63, 3.8) is 0 Å². The fraction of sp³-hybridized carbons (Fsp3) is 0.400. The number of methoxy groups -OCH3 is 1. The van der Waals surface area contributed by atoms with E-state index in [4.69, 9.17) is 9.47 Å². The van der Waals surface area contributed by atoms with Crippen molar-refractivity contribution in [2.75, 3.05) is 20.3 Å². The highest BCUT2D eigenvalue weighted by Gasteiger charge is 2.28. The summed E-state index contributed by atoms with van der Waals surface area (Å²) in [6.45, 7) is 7.28. The molecule has 0 unspecified atom stereocenters. The Morgan fingerprint density at radius 2 is 2.00 bits per heavy atom. The first kappa shape index (κ1) is 18.0. The first-order chi connectivity index (χ1) is 12.5. The Bertz CT molecular complexity index is 854. The highest BCUT2D eigenvalue weighted by atomic mass is 16.5. The summed E-state index contributed by atoms with van der Waals surface area (Å²) >= 11 is 0. The van der Waals surface area contributed by atoms with Gasteiger partial charge in [0.15, 0.2) is 0 Å². The zero-order valence-corrected chi connectivity index (χ0v) is 15.6. The Balaban J connectivity index is 1.86. The molecule has 1 aliphatic heterocycles. The summed E-state index contributed by atoms with van der Waals surface area (Å²) in [4.78, 5) is 29.8. The molecule has 26 heavy (non-hydrogen) atoms. The first-order valence-corrected chi connectivity index (χ1v) is 8.77. The first-order valence-electron chi connectivity index (χ1n) is 8.77. The van der Waals surface area contributed by atoms with Crippen LogP contribution in [0.5, 0.6) is 5.75 Å². The maximum atomic E-state index is 13.0. The van der Waals surface area contributed by atoms with Gasteiger partial charge in [-0.05, 0) is 56.0 Å². The van der Waals surface area contributed by atoms with Crippen LogP contribution in [-0.2, 0) is 17.7 Å². The minimum absolute atomic E-state index is 0.104. The molecule has 0 atom stereocenters. The number of benzene rings is 1. The van der Waals surface area contributed by atoms with Crippen LogP contribution in [0.25, 0.3) is 0 Å². The molecule has 6 heteroatoms. The molecular formula is C20H24N2O4. The number of H-pyrrole nitrogens is 1. The van der Waals surface area contributed by atoms with E-state index in [-0.39, 0.29) is 5.91 Å². The molecule has 2 heterocycles. The number of esters is 1. The van der Waals surface area contributed by atoms with Gasteiger partial charge in [-0.2, -0.15) is 0 Å². The minimum atomic E-state index is -0.430. The van der Waals surface area contributed by atoms with Gasteiger partial charge in [-0.15, -0.1) is 0 Å². The number of carbonyl (C=O) groups is 2. The average Bonchev–Trinajstić information content (AvgIpc) is 2.94. The van der Waals surface area contributed by atoms with E-state index >= 15 is 0 Å². The van der Waals surface area contributed by atoms with E-state index in [2.05, 4.69) is 11.1 Å². The van der Waals surface area contributed by atoms with Crippen LogP contribution in [0.4, 0.5) is 0 Å². The van der Waals surface area contributed by atoms with E-state index in [1.54, 1.807) is 18.7 Å². The number of aryl methyl sites for hydroxylation is 1. The Hall–Kier alpha value is -2.76. The van der Waals surface area contributed by atoms with Crippen molar-refractivity contribution in [2.24, 2.45) is 0 Å². The third-order valence-corrected chi connectivity index (χ3v) is 4.83. The van der Waals surface area contributed by atoms with Crippen molar-refractivity contribution in [2.45, 2.75) is 33.7 Å². The Morgan fingerprint density at radius 1 is 1.23 bits per heavy atom. The number of nitrogens with one attached hydrogen (secondary N) is 1. The lowest BCUT2D eigenvalue weighted by atomic mass is 9.99. The molecule has 0 saturated heterocycles. The summed E-state index contributed by atoms with van der Waals surface area (Å²) in [5.74, 6) is 0.286. The van der Waals surface area contributed by atoms with Crippen LogP contribution < -0.4 is 4.74 Å². The van der Waals surface area contributed by atoms with Gasteiger partial charge in [-0.3, -0.25) is 4.79 Å². The Morgan fingerprint density at radius 3 is 2.69 bits per heavy atom. The van der Waals surface area contributed by atoms with Crippen LogP contribution in [0, 0.1) is 13.8 Å². The maximum absolute atomic E-state index is 13.0. The lowest BCUT2D eigenvalue weighted by Crippen LogP contribution is -2.36. The van der Waals surface area contributed by atoms with E-state index in [0.29, 0.717) is 42.2 Å². The molecule has 0 radical (unpaired) electrons. The molecular weight excluding hydrogens is 332 g/mol. The Kier molecular flexibility index (Phi) is 5.02. The lowest BCUT2D eigenvalue weighted by Gasteiger charge is -2.29. The van der Waals surface area contributed by atoms with Crippen molar-refractivity contribution < 1.29 is 19.1 Å². The van der Waals surface area contributed by atoms with Crippen molar-refractivity contribution in [3.8, 4) is 5.75 Å². The molecule has 6 nitrogen and oxygen atoms in total. The average molecular weight is 356 g/mol. The van der Waals surface area contributed by atoms with E-state index < -0.39 is 5.97 Å². The number of aromatic amines is 1. The van der Waals surface area contributed by atoms with Gasteiger partial charge in [-0.1, -0.05) is 6.07 Å². The van der Waals surface area contributed by atoms with Gasteiger partial charge in [0.25, 0.3) is 5.91 Å². The normalized spacial score (nSPS) is 13.3. The third-order valence-electron chi connectivity index (χ3n) is 4.83. The van der Waals surface area contributed by atoms with Crippen LogP contribution >= 0.6 is 0 Å². The van der Waals surface area contributed by atoms with Crippen molar-refractivity contribution in [1.29, 1.82) is 0 Å². The highest BCUT2D eigenvalue weighted by molar-refractivity contribution is 6.00. The Labute approximate surface area is 153 Å². The summed E-state index contributed by atoms with van der Waals surface area (Å²) in [5, 5.41) is 0. The molecule has 0 aliphatic carbocycles. The van der Waals surface area contributed by atoms with E-state index in [1.807, 2.05) is 19.1 Å². The van der Waals surface area contributed by atoms with Gasteiger partial charge >= 0.3 is 5.97 Å². The second kappa shape index (κ2) is 7.23. The zero-order valence-electron chi connectivity index (χ0n) is 15.6. The molecule has 3 rings (SSSR count). The maximum Gasteiger partial charge on any atom is 0.339 e. The topological polar surface area (TPSA) is 71.6 Å². The van der Waals surface area contributed by atoms with Crippen molar-refractivity contribution in [1.82, 2.24) is 9.88 Å². The quantitative estimate of drug-likeness (QED) is 0.855. The van der Waals surface area contributed by atoms with Crippen LogP contribution in [0.2, 0.25) is 0 Å². The number of carbonyl (C=O) groups excluding carboxylic acids is 2. The molecule has 1 N–H and O–H groups in total. The largest absolute Gasteiger partial charge is 0.494 e. The van der Waals surface area contributed by atoms with Gasteiger partial charge in [0.2, 0.25) is 0 Å². The van der Waals surface area contributed by atoms with Crippen molar-refractivity contribution >= 4 is 11.9 Å². The minimum Gasteiger partial charge on any atom is -0.494 e. The highest BCUT2D eigenvalue weighted by Crippen LogP contribution is 2.26. The molecule has 2 aromatic rings. The molecule has 0 fully saturated rings. The van der Waals surface area contributed by atoms with E-state index in [0.717, 1.165) is 17.7 Å². The number of ether oxygens (including phenoxy) is 2. The molecule has 138 valence electrons. The summed E-state index contributed by atoms with van der Waals surface area (Å²) in [6, 6.07) is 6.05. The second-order valence-corrected chi connectivity index (χ2v) is 6.46. The van der Waals surface area contributed by atoms with Gasteiger partial charge in [0, 0.05) is 18.8 Å². The number of aromatic nitrogens is 1. The monoisotopic (exact) mass is 356 g/mol. The number of amides is 1. The number of fused-ring (bicyclic) bond motifs is 1. The summed E-state index contributed by atoms with van der Waals surface area (Å²) in [7, 11) is 1.34. The molecule has 0 spiro atoms. The van der Waals surface area contributed by atoms with Gasteiger partial charge in [0.1, 0.15) is 11.4 Å². The molecule has 1 amide bonds. The smallest absolute Gasteiger partial charge is 0.339 e. The predicted octanol–water partition coefficient (Wildman–Crippen LogP) is 3.02. The summed E-state index contributed by atoms with van der Waals surface area (Å²) in [6.07, 6.45) is 0.802. The van der Waals surface area contributed by atoms with Gasteiger partial charge < -0.3 is 19.4 Å². The molecule has 1 aliphatic rings. The van der Waals surface area contributed by atoms with Crippen LogP contribution in [0.15, 0.2) is 18.2 Å². The summed E-state index contributed by atoms with van der Waals surface area (Å²) < 4.78 is 10.4. The third kappa shape index (κ3) is 3.19. The molecule has 0 bridgehead atoms. The SMILES string of the molecule is CCOc1ccc2c(c1)CN(C(=O)c1[nH]c(C)c(C(=O)OC)c1C)CC2. The molecule has 0 saturated carbocycles. The van der Waals surface area contributed by atoms with Crippen molar-refractivity contribution in [3.05, 3.63) is 51.8 Å². The predicted molar refractivity (Wildman–Crippen MR) is 97.7 cm³/mol. The van der Waals surface area contributed by atoms with E-state index in [1.165, 1.54) is 12.7 Å². The number of hydrogen-bond acceptors (Lipinski definition) is 4. The number of rotatable bonds is 4. The fourth-order valence-corrected chi connectivity index (χ4v) is 3.49. The zero-order chi connectivity index (χ0) is 18.8. The second-order valence-electron chi connectivity index (χ2n) is 6.46. The lowest BCUT2D eigenvalue weighted by molar-refractivity contribution is 0.0599. The van der Waals surface area contributed by atoms with Gasteiger partial charge in [-0.25, -0.2) is 4.79 Å². The standard InChI is InChI=1S/C20H24N2O4/c1-5-26-16-7-6-14-8-9-22(11-15(14)10-16)19(23)18-12(2)17(13(3)21-18)20(24)25-4/h6-7,10,21H,5,8-9,11H2,1-4H3. The van der Waals surface area contributed by atoms with Crippen LogP contribution in [0.3, 0.4) is 0 Å². The van der Waals surface area contributed by atoms with Gasteiger partial charge in [0.05, 0.1) is 19.3 Å². The number of hydrogen-bond donors (Lipinski definition) is 1. The van der Waals surface area contributed by atoms with Crippen LogP contribution in [0.1, 0.15) is 50.2 Å². The molecule has 1 aromatic carbocycles. The van der Waals surface area contributed by atoms with Crippen LogP contribution in [-0.4, -0.2) is 42.0 Å².